The number of rotatable bonds is 5. The number of halogens is 6. The highest BCUT2D eigenvalue weighted by molar-refractivity contribution is 5.93. The molecule has 3 N–H and O–H groups in total. The van der Waals surface area contributed by atoms with Gasteiger partial charge in [0, 0.05) is 30.3 Å². The van der Waals surface area contributed by atoms with Gasteiger partial charge in [-0.15, -0.1) is 0 Å². The van der Waals surface area contributed by atoms with Gasteiger partial charge in [-0.1, -0.05) is 6.92 Å². The highest BCUT2D eigenvalue weighted by atomic mass is 19.4. The smallest absolute Gasteiger partial charge is 0.368 e. The first kappa shape index (κ1) is 25.9. The number of benzene rings is 2. The number of hydrogen-bond acceptors (Lipinski definition) is 5. The largest absolute Gasteiger partial charge is 0.416 e. The van der Waals surface area contributed by atoms with Crippen LogP contribution in [-0.4, -0.2) is 25.7 Å². The first-order chi connectivity index (χ1) is 17.3. The van der Waals surface area contributed by atoms with Crippen molar-refractivity contribution in [1.29, 1.82) is 0 Å². The molecule has 0 aliphatic heterocycles. The summed E-state index contributed by atoms with van der Waals surface area (Å²) in [7, 11) is 1.61. The van der Waals surface area contributed by atoms with Crippen molar-refractivity contribution in [3.8, 4) is 11.3 Å². The van der Waals surface area contributed by atoms with Gasteiger partial charge in [0.2, 0.25) is 11.9 Å². The normalized spacial score (nSPS) is 12.2. The highest BCUT2D eigenvalue weighted by Crippen LogP contribution is 2.37. The number of carbonyl (C=O) groups excluding carboxylic acids is 1. The zero-order chi connectivity index (χ0) is 27.1. The molecule has 0 saturated carbocycles. The van der Waals surface area contributed by atoms with Crippen LogP contribution >= 0.6 is 0 Å². The summed E-state index contributed by atoms with van der Waals surface area (Å²) in [5.41, 5.74) is 5.16. The van der Waals surface area contributed by atoms with Gasteiger partial charge in [0.15, 0.2) is 5.82 Å². The SMILES string of the molecule is CCc1cc(-c2cc(NC(=O)Cc3cc(C(F)(F)F)ccc3C(F)(F)F)nn2C)cc2cnc(N)nc12. The van der Waals surface area contributed by atoms with Crippen molar-refractivity contribution in [3.63, 3.8) is 0 Å². The summed E-state index contributed by atoms with van der Waals surface area (Å²) < 4.78 is 80.7. The molecule has 194 valence electrons. The van der Waals surface area contributed by atoms with Crippen molar-refractivity contribution in [2.45, 2.75) is 32.1 Å². The minimum Gasteiger partial charge on any atom is -0.368 e. The first-order valence-electron chi connectivity index (χ1n) is 10.9. The Morgan fingerprint density at radius 1 is 1.03 bits per heavy atom. The molecular weight excluding hydrogens is 502 g/mol. The Morgan fingerprint density at radius 2 is 1.76 bits per heavy atom. The standard InChI is InChI=1S/C24H20F6N6O/c1-3-12-6-14(7-15-11-32-22(31)34-21(12)15)18-10-19(35-36(18)2)33-20(37)9-13-8-16(23(25,26)27)4-5-17(13)24(28,29)30/h4-8,10-11H,3,9H2,1-2H3,(H2,31,32,34)(H,33,35,37). The zero-order valence-electron chi connectivity index (χ0n) is 19.5. The Hall–Kier alpha value is -4.16. The van der Waals surface area contributed by atoms with E-state index in [1.807, 2.05) is 13.0 Å². The van der Waals surface area contributed by atoms with Gasteiger partial charge in [-0.2, -0.15) is 31.4 Å². The van der Waals surface area contributed by atoms with Gasteiger partial charge in [-0.3, -0.25) is 9.48 Å². The number of hydrogen-bond donors (Lipinski definition) is 2. The number of alkyl halides is 6. The molecule has 0 aliphatic rings. The molecule has 4 rings (SSSR count). The lowest BCUT2D eigenvalue weighted by Crippen LogP contribution is -2.19. The molecule has 37 heavy (non-hydrogen) atoms. The van der Waals surface area contributed by atoms with Gasteiger partial charge in [-0.05, 0) is 47.9 Å². The number of nitrogens with zero attached hydrogens (tertiary/aromatic N) is 4. The van der Waals surface area contributed by atoms with Crippen LogP contribution in [0.2, 0.25) is 0 Å². The van der Waals surface area contributed by atoms with Crippen molar-refractivity contribution in [3.05, 3.63) is 64.8 Å². The summed E-state index contributed by atoms with van der Waals surface area (Å²) in [6, 6.07) is 6.18. The fourth-order valence-electron chi connectivity index (χ4n) is 4.00. The molecule has 0 radical (unpaired) electrons. The monoisotopic (exact) mass is 522 g/mol. The lowest BCUT2D eigenvalue weighted by molar-refractivity contribution is -0.142. The van der Waals surface area contributed by atoms with Crippen molar-refractivity contribution in [1.82, 2.24) is 19.7 Å². The van der Waals surface area contributed by atoms with Crippen LogP contribution in [0.25, 0.3) is 22.2 Å². The van der Waals surface area contributed by atoms with E-state index in [1.165, 1.54) is 10.7 Å². The van der Waals surface area contributed by atoms with Crippen molar-refractivity contribution in [2.75, 3.05) is 11.1 Å². The van der Waals surface area contributed by atoms with E-state index in [1.54, 1.807) is 19.3 Å². The van der Waals surface area contributed by atoms with Crippen molar-refractivity contribution >= 4 is 28.6 Å². The molecule has 7 nitrogen and oxygen atoms in total. The summed E-state index contributed by atoms with van der Waals surface area (Å²) >= 11 is 0. The number of carbonyl (C=O) groups is 1. The molecule has 0 atom stereocenters. The lowest BCUT2D eigenvalue weighted by atomic mass is 10.00. The van der Waals surface area contributed by atoms with Gasteiger partial charge in [0.25, 0.3) is 0 Å². The number of aromatic nitrogens is 4. The van der Waals surface area contributed by atoms with Crippen LogP contribution in [0.3, 0.4) is 0 Å². The molecule has 13 heteroatoms. The number of fused-ring (bicyclic) bond motifs is 1. The van der Waals surface area contributed by atoms with E-state index in [0.717, 1.165) is 10.9 Å². The van der Waals surface area contributed by atoms with E-state index < -0.39 is 41.4 Å². The summed E-state index contributed by atoms with van der Waals surface area (Å²) in [6.07, 6.45) is -8.51. The van der Waals surface area contributed by atoms with Crippen LogP contribution in [0.4, 0.5) is 38.1 Å². The summed E-state index contributed by atoms with van der Waals surface area (Å²) in [5.74, 6) is -0.796. The second kappa shape index (κ2) is 9.37. The maximum absolute atomic E-state index is 13.3. The van der Waals surface area contributed by atoms with Gasteiger partial charge in [0.05, 0.1) is 28.8 Å². The second-order valence-corrected chi connectivity index (χ2v) is 8.29. The lowest BCUT2D eigenvalue weighted by Gasteiger charge is -2.15. The van der Waals surface area contributed by atoms with E-state index >= 15 is 0 Å². The topological polar surface area (TPSA) is 98.7 Å². The molecule has 4 aromatic rings. The first-order valence-corrected chi connectivity index (χ1v) is 10.9. The highest BCUT2D eigenvalue weighted by Gasteiger charge is 2.37. The molecule has 0 unspecified atom stereocenters. The van der Waals surface area contributed by atoms with Crippen LogP contribution in [0.15, 0.2) is 42.6 Å². The number of nitrogen functional groups attached to an aromatic ring is 1. The van der Waals surface area contributed by atoms with E-state index in [0.29, 0.717) is 41.4 Å². The number of aryl methyl sites for hydroxylation is 2. The van der Waals surface area contributed by atoms with Crippen molar-refractivity contribution < 1.29 is 31.1 Å². The summed E-state index contributed by atoms with van der Waals surface area (Å²) in [6.45, 7) is 1.94. The fraction of sp³-hybridized carbons (Fsp3) is 0.250. The van der Waals surface area contributed by atoms with Gasteiger partial charge in [0.1, 0.15) is 0 Å². The van der Waals surface area contributed by atoms with Crippen LogP contribution < -0.4 is 11.1 Å². The maximum atomic E-state index is 13.3. The molecule has 0 spiro atoms. The molecule has 0 bridgehead atoms. The number of nitrogens with two attached hydrogens (primary N) is 1. The van der Waals surface area contributed by atoms with E-state index in [9.17, 15) is 31.1 Å². The fourth-order valence-corrected chi connectivity index (χ4v) is 4.00. The minimum absolute atomic E-state index is 0.0229. The van der Waals surface area contributed by atoms with Crippen LogP contribution in [0, 0.1) is 0 Å². The predicted octanol–water partition coefficient (Wildman–Crippen LogP) is 5.39. The van der Waals surface area contributed by atoms with Gasteiger partial charge >= 0.3 is 12.4 Å². The Bertz CT molecular complexity index is 1490. The summed E-state index contributed by atoms with van der Waals surface area (Å²) in [4.78, 5) is 20.8. The van der Waals surface area contributed by atoms with E-state index in [4.69, 9.17) is 5.73 Å². The number of nitrogens with one attached hydrogen (secondary N) is 1. The quantitative estimate of drug-likeness (QED) is 0.343. The predicted molar refractivity (Wildman–Crippen MR) is 124 cm³/mol. The second-order valence-electron chi connectivity index (χ2n) is 8.29. The molecular formula is C24H20F6N6O. The van der Waals surface area contributed by atoms with Gasteiger partial charge < -0.3 is 11.1 Å². The molecule has 1 amide bonds. The average Bonchev–Trinajstić information content (AvgIpc) is 3.16. The van der Waals surface area contributed by atoms with E-state index in [-0.39, 0.29) is 11.8 Å². The molecule has 0 aliphatic carbocycles. The molecule has 0 saturated heterocycles. The Morgan fingerprint density at radius 3 is 2.41 bits per heavy atom. The average molecular weight is 522 g/mol. The Kier molecular flexibility index (Phi) is 6.57. The van der Waals surface area contributed by atoms with Crippen molar-refractivity contribution in [2.24, 2.45) is 7.05 Å². The zero-order valence-corrected chi connectivity index (χ0v) is 19.5. The summed E-state index contributed by atoms with van der Waals surface area (Å²) in [5, 5.41) is 7.27. The Labute approximate surface area is 206 Å². The minimum atomic E-state index is -4.93. The van der Waals surface area contributed by atoms with E-state index in [2.05, 4.69) is 20.4 Å². The van der Waals surface area contributed by atoms with Crippen LogP contribution in [0.5, 0.6) is 0 Å². The molecule has 2 heterocycles. The Balaban J connectivity index is 1.62. The number of amides is 1. The third-order valence-corrected chi connectivity index (χ3v) is 5.69. The molecule has 2 aromatic heterocycles. The molecule has 0 fully saturated rings. The van der Waals surface area contributed by atoms with Crippen LogP contribution in [-0.2, 0) is 37.0 Å². The molecule has 2 aromatic carbocycles. The number of anilines is 2. The third kappa shape index (κ3) is 5.49. The van der Waals surface area contributed by atoms with Crippen LogP contribution in [0.1, 0.15) is 29.2 Å². The van der Waals surface area contributed by atoms with Gasteiger partial charge in [-0.25, -0.2) is 9.97 Å². The maximum Gasteiger partial charge on any atom is 0.416 e. The third-order valence-electron chi connectivity index (χ3n) is 5.69.